The van der Waals surface area contributed by atoms with Gasteiger partial charge in [-0.3, -0.25) is 9.53 Å². The molecule has 8 aliphatic rings. The van der Waals surface area contributed by atoms with Crippen LogP contribution in [0.5, 0.6) is 0 Å². The molecule has 4 saturated heterocycles. The van der Waals surface area contributed by atoms with Gasteiger partial charge in [0, 0.05) is 18.6 Å². The predicted molar refractivity (Wildman–Crippen MR) is 133 cm³/mol. The molecule has 0 aromatic carbocycles. The van der Waals surface area contributed by atoms with Crippen molar-refractivity contribution in [1.29, 1.82) is 0 Å². The molecule has 10 heteroatoms. The van der Waals surface area contributed by atoms with Crippen LogP contribution < -0.4 is 0 Å². The molecule has 8 rings (SSSR count). The zero-order chi connectivity index (χ0) is 27.5. The summed E-state index contributed by atoms with van der Waals surface area (Å²) in [5.41, 5.74) is -2.40. The van der Waals surface area contributed by atoms with Crippen LogP contribution in [0.4, 0.5) is 0 Å². The van der Waals surface area contributed by atoms with Gasteiger partial charge in [-0.15, -0.1) is 0 Å². The third-order valence-electron chi connectivity index (χ3n) is 11.7. The van der Waals surface area contributed by atoms with Crippen LogP contribution in [-0.4, -0.2) is 84.1 Å². The van der Waals surface area contributed by atoms with E-state index < -0.39 is 58.9 Å². The summed E-state index contributed by atoms with van der Waals surface area (Å²) in [5.74, 6) is -2.27. The number of hydrogen-bond acceptors (Lipinski definition) is 9. The molecule has 8 bridgehead atoms. The van der Waals surface area contributed by atoms with Gasteiger partial charge < -0.3 is 39.1 Å². The number of carbonyl (C=O) groups excluding carboxylic acids is 1. The molecule has 4 aliphatic carbocycles. The van der Waals surface area contributed by atoms with Crippen molar-refractivity contribution >= 4 is 12.3 Å². The number of fused-ring (bicyclic) bond motifs is 2. The average Bonchev–Trinajstić information content (AvgIpc) is 3.63. The van der Waals surface area contributed by atoms with Gasteiger partial charge in [0.25, 0.3) is 0 Å². The summed E-state index contributed by atoms with van der Waals surface area (Å²) >= 11 is 0. The zero-order valence-electron chi connectivity index (χ0n) is 22.8. The van der Waals surface area contributed by atoms with Gasteiger partial charge in [0.15, 0.2) is 12.4 Å². The number of aliphatic hydroxyl groups is 2. The Bertz CT molecular complexity index is 1090. The van der Waals surface area contributed by atoms with Crippen molar-refractivity contribution in [3.8, 4) is 0 Å². The Labute approximate surface area is 228 Å². The second-order valence-electron chi connectivity index (χ2n) is 13.4. The molecule has 4 aliphatic heterocycles. The maximum absolute atomic E-state index is 13.6. The van der Waals surface area contributed by atoms with E-state index in [9.17, 15) is 19.8 Å². The lowest BCUT2D eigenvalue weighted by molar-refractivity contribution is -0.448. The van der Waals surface area contributed by atoms with Crippen LogP contribution in [0.3, 0.4) is 0 Å². The summed E-state index contributed by atoms with van der Waals surface area (Å²) in [6.45, 7) is 6.50. The van der Waals surface area contributed by atoms with E-state index in [1.165, 1.54) is 0 Å². The molecule has 39 heavy (non-hydrogen) atoms. The standard InChI is InChI=1S/C29H40O10/c1-14(2)19-9-16-10-26(12-31)18-6-5-15(3)17(18)11-27(16,28(19,26)25(33)34)13-36-29-23(32)21-20(35-8-4-7-30)22(38-29)24(37-21)39-29/h9,12,14-18,20-24,30,32H,4-8,10-11,13H2,1-3H3,(H,33,34). The fourth-order valence-corrected chi connectivity index (χ4v) is 10.3. The van der Waals surface area contributed by atoms with Crippen molar-refractivity contribution in [2.75, 3.05) is 19.8 Å². The molecule has 3 saturated carbocycles. The minimum Gasteiger partial charge on any atom is -0.481 e. The highest BCUT2D eigenvalue weighted by molar-refractivity contribution is 5.90. The second-order valence-corrected chi connectivity index (χ2v) is 13.4. The fourth-order valence-electron chi connectivity index (χ4n) is 10.3. The summed E-state index contributed by atoms with van der Waals surface area (Å²) in [5, 5.41) is 31.6. The van der Waals surface area contributed by atoms with E-state index in [0.29, 0.717) is 25.2 Å². The van der Waals surface area contributed by atoms with E-state index in [1.807, 2.05) is 13.8 Å². The van der Waals surface area contributed by atoms with Crippen LogP contribution in [0.2, 0.25) is 0 Å². The highest BCUT2D eigenvalue weighted by atomic mass is 17.0. The molecular weight excluding hydrogens is 508 g/mol. The van der Waals surface area contributed by atoms with Crippen LogP contribution in [0.15, 0.2) is 11.6 Å². The number of aliphatic carboxylic acids is 1. The zero-order valence-corrected chi connectivity index (χ0v) is 22.8. The van der Waals surface area contributed by atoms with Crippen molar-refractivity contribution in [2.24, 2.45) is 45.8 Å². The largest absolute Gasteiger partial charge is 0.481 e. The Kier molecular flexibility index (Phi) is 5.82. The van der Waals surface area contributed by atoms with Crippen molar-refractivity contribution in [2.45, 2.75) is 89.6 Å². The van der Waals surface area contributed by atoms with E-state index in [1.54, 1.807) is 0 Å². The molecular formula is C29H40O10. The molecule has 0 spiro atoms. The lowest BCUT2D eigenvalue weighted by Crippen LogP contribution is -2.66. The Morgan fingerprint density at radius 3 is 2.72 bits per heavy atom. The molecule has 0 aromatic heterocycles. The second kappa shape index (κ2) is 8.56. The van der Waals surface area contributed by atoms with Crippen molar-refractivity contribution in [1.82, 2.24) is 0 Å². The Balaban J connectivity index is 1.25. The normalized spacial score (nSPS) is 54.0. The highest BCUT2D eigenvalue weighted by Crippen LogP contribution is 2.82. The first-order chi connectivity index (χ1) is 18.6. The molecule has 3 N–H and O–H groups in total. The van der Waals surface area contributed by atoms with E-state index in [4.69, 9.17) is 28.8 Å². The first-order valence-electron chi connectivity index (χ1n) is 14.6. The number of rotatable bonds is 10. The summed E-state index contributed by atoms with van der Waals surface area (Å²) in [6, 6.07) is 0. The van der Waals surface area contributed by atoms with Crippen LogP contribution in [0, 0.1) is 45.8 Å². The minimum atomic E-state index is -1.79. The Hall–Kier alpha value is -1.40. The molecule has 10 nitrogen and oxygen atoms in total. The Morgan fingerprint density at radius 1 is 1.23 bits per heavy atom. The minimum absolute atomic E-state index is 0.0109. The van der Waals surface area contributed by atoms with Crippen LogP contribution in [-0.2, 0) is 33.3 Å². The van der Waals surface area contributed by atoms with Gasteiger partial charge in [-0.05, 0) is 55.3 Å². The van der Waals surface area contributed by atoms with Crippen molar-refractivity contribution in [3.63, 3.8) is 0 Å². The molecule has 4 heterocycles. The molecule has 0 amide bonds. The third-order valence-corrected chi connectivity index (χ3v) is 11.7. The van der Waals surface area contributed by atoms with Gasteiger partial charge in [-0.2, -0.15) is 0 Å². The summed E-state index contributed by atoms with van der Waals surface area (Å²) in [7, 11) is 0. The van der Waals surface area contributed by atoms with Gasteiger partial charge in [-0.1, -0.05) is 38.8 Å². The molecule has 0 aromatic rings. The number of allylic oxidation sites excluding steroid dienone is 1. The number of carboxylic acids is 1. The fraction of sp³-hybridized carbons (Fsp3) is 0.862. The number of aldehydes is 1. The van der Waals surface area contributed by atoms with Gasteiger partial charge >= 0.3 is 11.9 Å². The lowest BCUT2D eigenvalue weighted by atomic mass is 9.43. The number of ether oxygens (including phenoxy) is 5. The van der Waals surface area contributed by atoms with E-state index in [0.717, 1.165) is 24.7 Å². The van der Waals surface area contributed by atoms with E-state index >= 15 is 0 Å². The number of aliphatic hydroxyl groups excluding tert-OH is 2. The first kappa shape index (κ1) is 26.5. The molecule has 0 radical (unpaired) electrons. The van der Waals surface area contributed by atoms with Crippen LogP contribution >= 0.6 is 0 Å². The molecule has 7 fully saturated rings. The number of hydrogen-bond donors (Lipinski definition) is 3. The summed E-state index contributed by atoms with van der Waals surface area (Å²) in [4.78, 5) is 26.8. The quantitative estimate of drug-likeness (QED) is 0.210. The SMILES string of the molecule is CC(C)C1=CC2CC3(C=O)C4CCC(C)C4CC2(COC24OC5OC(C(OCCCO)C5O2)C4O)C13C(=O)O. The van der Waals surface area contributed by atoms with Gasteiger partial charge in [0.1, 0.15) is 30.0 Å². The maximum atomic E-state index is 13.6. The van der Waals surface area contributed by atoms with E-state index in [2.05, 4.69) is 13.0 Å². The van der Waals surface area contributed by atoms with Gasteiger partial charge in [0.05, 0.1) is 12.0 Å². The number of carboxylic acid groups (broad SMARTS) is 1. The summed E-state index contributed by atoms with van der Waals surface area (Å²) < 4.78 is 30.4. The third kappa shape index (κ3) is 2.92. The van der Waals surface area contributed by atoms with Crippen molar-refractivity contribution in [3.05, 3.63) is 11.6 Å². The van der Waals surface area contributed by atoms with Crippen LogP contribution in [0.1, 0.15) is 52.9 Å². The van der Waals surface area contributed by atoms with Crippen molar-refractivity contribution < 1.29 is 48.6 Å². The summed E-state index contributed by atoms with van der Waals surface area (Å²) in [6.07, 6.45) is 2.59. The molecule has 216 valence electrons. The molecule has 13 atom stereocenters. The Morgan fingerprint density at radius 2 is 2.03 bits per heavy atom. The average molecular weight is 549 g/mol. The van der Waals surface area contributed by atoms with Gasteiger partial charge in [0.2, 0.25) is 0 Å². The maximum Gasteiger partial charge on any atom is 0.316 e. The predicted octanol–water partition coefficient (Wildman–Crippen LogP) is 1.86. The van der Waals surface area contributed by atoms with Crippen LogP contribution in [0.25, 0.3) is 0 Å². The molecule has 13 unspecified atom stereocenters. The lowest BCUT2D eigenvalue weighted by Gasteiger charge is -2.58. The highest BCUT2D eigenvalue weighted by Gasteiger charge is 2.85. The topological polar surface area (TPSA) is 141 Å². The van der Waals surface area contributed by atoms with Gasteiger partial charge in [-0.25, -0.2) is 0 Å². The first-order valence-corrected chi connectivity index (χ1v) is 14.6. The van der Waals surface area contributed by atoms with E-state index in [-0.39, 0.29) is 43.5 Å². The smallest absolute Gasteiger partial charge is 0.316 e. The monoisotopic (exact) mass is 548 g/mol. The number of carbonyl (C=O) groups is 2.